The summed E-state index contributed by atoms with van der Waals surface area (Å²) in [6, 6.07) is 19.5. The Bertz CT molecular complexity index is 1620. The maximum atomic E-state index is 14.1. The number of carbonyl (C=O) groups excluding carboxylic acids is 1. The van der Waals surface area contributed by atoms with Crippen molar-refractivity contribution in [3.8, 4) is 5.75 Å². The van der Waals surface area contributed by atoms with Crippen molar-refractivity contribution in [2.24, 2.45) is 0 Å². The summed E-state index contributed by atoms with van der Waals surface area (Å²) in [5, 5.41) is 1.37. The van der Waals surface area contributed by atoms with E-state index in [0.717, 1.165) is 22.1 Å². The van der Waals surface area contributed by atoms with E-state index in [1.54, 1.807) is 48.4 Å². The topological polar surface area (TPSA) is 98.1 Å². The molecular weight excluding hydrogens is 564 g/mol. The fraction of sp³-hybridized carbons (Fsp3) is 0.323. The highest BCUT2D eigenvalue weighted by Gasteiger charge is 2.33. The second-order valence-corrected chi connectivity index (χ2v) is 12.3. The predicted molar refractivity (Wildman–Crippen MR) is 158 cm³/mol. The van der Waals surface area contributed by atoms with Crippen LogP contribution in [0.4, 0.5) is 0 Å². The van der Waals surface area contributed by atoms with Gasteiger partial charge in [0.2, 0.25) is 10.0 Å². The minimum Gasteiger partial charge on any atom is -0.491 e. The summed E-state index contributed by atoms with van der Waals surface area (Å²) in [6.45, 7) is 3.27. The van der Waals surface area contributed by atoms with Crippen molar-refractivity contribution < 1.29 is 27.1 Å². The molecule has 10 heteroatoms. The van der Waals surface area contributed by atoms with E-state index in [2.05, 4.69) is 4.72 Å². The number of nitrogens with zero attached hydrogens (tertiary/aromatic N) is 1. The molecular formula is C31H33ClN2O6S. The van der Waals surface area contributed by atoms with Crippen LogP contribution in [0.15, 0.2) is 76.0 Å². The van der Waals surface area contributed by atoms with Crippen molar-refractivity contribution in [1.29, 1.82) is 0 Å². The Balaban J connectivity index is 1.48. The average molecular weight is 597 g/mol. The van der Waals surface area contributed by atoms with Crippen LogP contribution >= 0.6 is 11.6 Å². The Hall–Kier alpha value is -3.37. The molecule has 0 saturated carbocycles. The van der Waals surface area contributed by atoms with Gasteiger partial charge in [0.1, 0.15) is 17.9 Å². The number of hydrogen-bond acceptors (Lipinski definition) is 6. The van der Waals surface area contributed by atoms with Gasteiger partial charge in [0.15, 0.2) is 5.76 Å². The fourth-order valence-corrected chi connectivity index (χ4v) is 6.48. The van der Waals surface area contributed by atoms with Crippen molar-refractivity contribution in [2.45, 2.75) is 43.7 Å². The molecule has 3 aromatic carbocycles. The standard InChI is InChI=1S/C31H33ClN2O6S/c1-3-12-33-41(36,37)27-10-8-21-16-26(17-23(21)18-27)34(31(35)30-19-22-6-4-5-7-29(22)40-30)20-24-15-25(32)9-11-28(24)39-14-13-38-2/h4-11,15,18-19,26,33H,3,12-14,16-17,20H2,1-2H3. The summed E-state index contributed by atoms with van der Waals surface area (Å²) < 4.78 is 45.2. The van der Waals surface area contributed by atoms with E-state index in [4.69, 9.17) is 25.5 Å². The number of rotatable bonds is 12. The molecule has 0 bridgehead atoms. The molecule has 0 radical (unpaired) electrons. The highest BCUT2D eigenvalue weighted by molar-refractivity contribution is 7.89. The molecule has 216 valence electrons. The van der Waals surface area contributed by atoms with Crippen LogP contribution in [0.5, 0.6) is 5.75 Å². The van der Waals surface area contributed by atoms with E-state index < -0.39 is 10.0 Å². The van der Waals surface area contributed by atoms with Gasteiger partial charge in [-0.1, -0.05) is 42.8 Å². The zero-order valence-corrected chi connectivity index (χ0v) is 24.6. The number of benzene rings is 3. The summed E-state index contributed by atoms with van der Waals surface area (Å²) in [5.41, 5.74) is 3.29. The van der Waals surface area contributed by atoms with E-state index in [0.29, 0.717) is 55.4 Å². The van der Waals surface area contributed by atoms with Gasteiger partial charge in [-0.25, -0.2) is 13.1 Å². The van der Waals surface area contributed by atoms with Gasteiger partial charge in [-0.15, -0.1) is 0 Å². The lowest BCUT2D eigenvalue weighted by Crippen LogP contribution is -2.40. The molecule has 0 saturated heterocycles. The minimum absolute atomic E-state index is 0.223. The molecule has 41 heavy (non-hydrogen) atoms. The summed E-state index contributed by atoms with van der Waals surface area (Å²) >= 11 is 6.38. The number of hydrogen-bond donors (Lipinski definition) is 1. The molecule has 1 heterocycles. The van der Waals surface area contributed by atoms with Gasteiger partial charge in [0.25, 0.3) is 5.91 Å². The lowest BCUT2D eigenvalue weighted by atomic mass is 10.1. The third-order valence-corrected chi connectivity index (χ3v) is 8.88. The van der Waals surface area contributed by atoms with Gasteiger partial charge in [-0.05, 0) is 72.9 Å². The first kappa shape index (κ1) is 29.1. The van der Waals surface area contributed by atoms with Crippen LogP contribution < -0.4 is 9.46 Å². The van der Waals surface area contributed by atoms with Crippen molar-refractivity contribution >= 4 is 38.5 Å². The molecule has 4 aromatic rings. The van der Waals surface area contributed by atoms with Gasteiger partial charge in [0.05, 0.1) is 18.0 Å². The molecule has 8 nitrogen and oxygen atoms in total. The van der Waals surface area contributed by atoms with Crippen molar-refractivity contribution in [2.75, 3.05) is 26.9 Å². The van der Waals surface area contributed by atoms with Crippen LogP contribution in [-0.2, 0) is 34.1 Å². The highest BCUT2D eigenvalue weighted by Crippen LogP contribution is 2.33. The molecule has 0 spiro atoms. The molecule has 1 aliphatic rings. The van der Waals surface area contributed by atoms with Gasteiger partial charge >= 0.3 is 0 Å². The summed E-state index contributed by atoms with van der Waals surface area (Å²) in [7, 11) is -2.01. The molecule has 1 atom stereocenters. The third-order valence-electron chi connectivity index (χ3n) is 7.19. The number of nitrogens with one attached hydrogen (secondary N) is 1. The van der Waals surface area contributed by atoms with Gasteiger partial charge in [0, 0.05) is 35.7 Å². The van der Waals surface area contributed by atoms with E-state index in [1.165, 1.54) is 0 Å². The van der Waals surface area contributed by atoms with Crippen molar-refractivity contribution in [1.82, 2.24) is 9.62 Å². The van der Waals surface area contributed by atoms with Crippen LogP contribution in [0.25, 0.3) is 11.0 Å². The summed E-state index contributed by atoms with van der Waals surface area (Å²) in [5.74, 6) is 0.581. The Labute approximate surface area is 245 Å². The lowest BCUT2D eigenvalue weighted by molar-refractivity contribution is 0.0634. The first-order valence-electron chi connectivity index (χ1n) is 13.6. The number of halogens is 1. The number of furan rings is 1. The van der Waals surface area contributed by atoms with E-state index >= 15 is 0 Å². The number of sulfonamides is 1. The summed E-state index contributed by atoms with van der Waals surface area (Å²) in [6.07, 6.45) is 1.77. The molecule has 1 amide bonds. The SMILES string of the molecule is CCCNS(=O)(=O)c1ccc2c(c1)CC(N(Cc1cc(Cl)ccc1OCCOC)C(=O)c1cc3ccccc3o1)C2. The Kier molecular flexibility index (Phi) is 8.99. The number of methoxy groups -OCH3 is 1. The van der Waals surface area contributed by atoms with Gasteiger partial charge in [-0.3, -0.25) is 4.79 Å². The molecule has 0 aliphatic heterocycles. The van der Waals surface area contributed by atoms with Crippen LogP contribution in [0.2, 0.25) is 5.02 Å². The van der Waals surface area contributed by atoms with Crippen molar-refractivity contribution in [3.63, 3.8) is 0 Å². The average Bonchev–Trinajstić information content (AvgIpc) is 3.59. The van der Waals surface area contributed by atoms with Crippen LogP contribution in [0.1, 0.15) is 40.6 Å². The molecule has 5 rings (SSSR count). The number of ether oxygens (including phenoxy) is 2. The van der Waals surface area contributed by atoms with Gasteiger partial charge in [-0.2, -0.15) is 0 Å². The maximum absolute atomic E-state index is 14.1. The number of amides is 1. The molecule has 0 fully saturated rings. The van der Waals surface area contributed by atoms with Crippen LogP contribution in [0.3, 0.4) is 0 Å². The lowest BCUT2D eigenvalue weighted by Gasteiger charge is -2.29. The largest absolute Gasteiger partial charge is 0.491 e. The zero-order valence-electron chi connectivity index (χ0n) is 23.1. The number of fused-ring (bicyclic) bond motifs is 2. The van der Waals surface area contributed by atoms with E-state index in [1.807, 2.05) is 37.3 Å². The number of carbonyl (C=O) groups is 1. The quantitative estimate of drug-likeness (QED) is 0.214. The molecule has 1 N–H and O–H groups in total. The molecule has 1 aliphatic carbocycles. The monoisotopic (exact) mass is 596 g/mol. The maximum Gasteiger partial charge on any atom is 0.290 e. The minimum atomic E-state index is -3.61. The van der Waals surface area contributed by atoms with Gasteiger partial charge < -0.3 is 18.8 Å². The number of para-hydroxylation sites is 1. The molecule has 1 unspecified atom stereocenters. The fourth-order valence-electron chi connectivity index (χ4n) is 5.11. The Morgan fingerprint density at radius 2 is 1.85 bits per heavy atom. The first-order chi connectivity index (χ1) is 19.8. The first-order valence-corrected chi connectivity index (χ1v) is 15.5. The second kappa shape index (κ2) is 12.7. The Morgan fingerprint density at radius 3 is 2.63 bits per heavy atom. The van der Waals surface area contributed by atoms with E-state index in [-0.39, 0.29) is 29.1 Å². The van der Waals surface area contributed by atoms with Crippen LogP contribution in [0, 0.1) is 0 Å². The second-order valence-electron chi connectivity index (χ2n) is 10.1. The summed E-state index contributed by atoms with van der Waals surface area (Å²) in [4.78, 5) is 16.1. The molecule has 1 aromatic heterocycles. The zero-order chi connectivity index (χ0) is 29.0. The highest BCUT2D eigenvalue weighted by atomic mass is 35.5. The van der Waals surface area contributed by atoms with E-state index in [9.17, 15) is 13.2 Å². The smallest absolute Gasteiger partial charge is 0.290 e. The third kappa shape index (κ3) is 6.59. The Morgan fingerprint density at radius 1 is 1.05 bits per heavy atom. The van der Waals surface area contributed by atoms with Crippen LogP contribution in [-0.4, -0.2) is 52.1 Å². The predicted octanol–water partition coefficient (Wildman–Crippen LogP) is 5.61. The van der Waals surface area contributed by atoms with Crippen molar-refractivity contribution in [3.05, 3.63) is 94.2 Å². The normalized spacial score (nSPS) is 14.8.